The van der Waals surface area contributed by atoms with Crippen molar-refractivity contribution in [2.45, 2.75) is 36.8 Å². The second kappa shape index (κ2) is 8.69. The molecule has 7 heteroatoms. The number of ether oxygens (including phenoxy) is 1. The summed E-state index contributed by atoms with van der Waals surface area (Å²) in [6.07, 6.45) is 0.341. The van der Waals surface area contributed by atoms with Gasteiger partial charge in [-0.3, -0.25) is 9.59 Å². The van der Waals surface area contributed by atoms with Crippen LogP contribution in [0.1, 0.15) is 37.6 Å². The van der Waals surface area contributed by atoms with E-state index in [1.807, 2.05) is 38.1 Å². The Morgan fingerprint density at radius 2 is 1.83 bits per heavy atom. The Morgan fingerprint density at radius 3 is 2.52 bits per heavy atom. The lowest BCUT2D eigenvalue weighted by atomic mass is 10.1. The summed E-state index contributed by atoms with van der Waals surface area (Å²) >= 11 is 1.64. The van der Waals surface area contributed by atoms with Gasteiger partial charge in [-0.25, -0.2) is 4.79 Å². The highest BCUT2D eigenvalue weighted by atomic mass is 32.2. The van der Waals surface area contributed by atoms with Crippen LogP contribution in [0.5, 0.6) is 0 Å². The van der Waals surface area contributed by atoms with Crippen LogP contribution in [-0.4, -0.2) is 35.7 Å². The minimum Gasteiger partial charge on any atom is -0.462 e. The van der Waals surface area contributed by atoms with E-state index in [0.29, 0.717) is 24.3 Å². The fourth-order valence-electron chi connectivity index (χ4n) is 3.12. The number of anilines is 2. The SMILES string of the molecule is CCOC(=O)c1ccc(NC(=O)CN2C(=O)CC(C)(C)Sc3ccccc32)cc1. The summed E-state index contributed by atoms with van der Waals surface area (Å²) in [5.41, 5.74) is 1.72. The summed E-state index contributed by atoms with van der Waals surface area (Å²) in [7, 11) is 0. The second-order valence-electron chi connectivity index (χ2n) is 7.33. The van der Waals surface area contributed by atoms with Crippen LogP contribution >= 0.6 is 11.8 Å². The summed E-state index contributed by atoms with van der Waals surface area (Å²) in [5, 5.41) is 2.79. The zero-order chi connectivity index (χ0) is 21.0. The lowest BCUT2D eigenvalue weighted by Crippen LogP contribution is -2.39. The number of hydrogen-bond donors (Lipinski definition) is 1. The van der Waals surface area contributed by atoms with Crippen molar-refractivity contribution < 1.29 is 19.1 Å². The van der Waals surface area contributed by atoms with E-state index < -0.39 is 5.97 Å². The first-order valence-corrected chi connectivity index (χ1v) is 10.3. The van der Waals surface area contributed by atoms with E-state index in [-0.39, 0.29) is 23.1 Å². The standard InChI is InChI=1S/C22H24N2O4S/c1-4-28-21(27)15-9-11-16(12-10-15)23-19(25)14-24-17-7-5-6-8-18(17)29-22(2,3)13-20(24)26/h5-12H,4,13-14H2,1-3H3,(H,23,25). The summed E-state index contributed by atoms with van der Waals surface area (Å²) in [5.74, 6) is -0.792. The molecule has 0 aliphatic carbocycles. The maximum atomic E-state index is 12.8. The summed E-state index contributed by atoms with van der Waals surface area (Å²) in [4.78, 5) is 39.7. The number of fused-ring (bicyclic) bond motifs is 1. The molecule has 0 radical (unpaired) electrons. The number of hydrogen-bond acceptors (Lipinski definition) is 5. The maximum absolute atomic E-state index is 12.8. The molecular weight excluding hydrogens is 388 g/mol. The summed E-state index contributed by atoms with van der Waals surface area (Å²) in [6.45, 7) is 6.03. The van der Waals surface area contributed by atoms with Crippen molar-refractivity contribution in [1.82, 2.24) is 0 Å². The smallest absolute Gasteiger partial charge is 0.338 e. The van der Waals surface area contributed by atoms with Gasteiger partial charge in [0, 0.05) is 21.8 Å². The van der Waals surface area contributed by atoms with Crippen molar-refractivity contribution in [1.29, 1.82) is 0 Å². The normalized spacial score (nSPS) is 15.3. The number of carbonyl (C=O) groups is 3. The highest BCUT2D eigenvalue weighted by Crippen LogP contribution is 2.43. The lowest BCUT2D eigenvalue weighted by Gasteiger charge is -2.22. The van der Waals surface area contributed by atoms with Gasteiger partial charge in [-0.1, -0.05) is 12.1 Å². The van der Waals surface area contributed by atoms with E-state index in [9.17, 15) is 14.4 Å². The average Bonchev–Trinajstić information content (AvgIpc) is 2.75. The second-order valence-corrected chi connectivity index (χ2v) is 9.08. The average molecular weight is 413 g/mol. The zero-order valence-corrected chi connectivity index (χ0v) is 17.5. The fraction of sp³-hybridized carbons (Fsp3) is 0.318. The molecule has 29 heavy (non-hydrogen) atoms. The van der Waals surface area contributed by atoms with E-state index in [2.05, 4.69) is 5.32 Å². The third-order valence-electron chi connectivity index (χ3n) is 4.40. The molecule has 1 aliphatic rings. The van der Waals surface area contributed by atoms with Crippen LogP contribution in [0.4, 0.5) is 11.4 Å². The third-order valence-corrected chi connectivity index (χ3v) is 5.66. The van der Waals surface area contributed by atoms with Gasteiger partial charge in [0.2, 0.25) is 11.8 Å². The molecule has 0 unspecified atom stereocenters. The molecule has 1 aliphatic heterocycles. The predicted molar refractivity (Wildman–Crippen MR) is 114 cm³/mol. The predicted octanol–water partition coefficient (Wildman–Crippen LogP) is 4.11. The highest BCUT2D eigenvalue weighted by Gasteiger charge is 2.33. The molecule has 2 aromatic carbocycles. The Morgan fingerprint density at radius 1 is 1.14 bits per heavy atom. The van der Waals surface area contributed by atoms with Gasteiger partial charge in [-0.05, 0) is 57.2 Å². The molecule has 0 saturated carbocycles. The van der Waals surface area contributed by atoms with Gasteiger partial charge in [0.1, 0.15) is 6.54 Å². The quantitative estimate of drug-likeness (QED) is 0.748. The lowest BCUT2D eigenvalue weighted by molar-refractivity contribution is -0.121. The Labute approximate surface area is 174 Å². The van der Waals surface area contributed by atoms with E-state index in [0.717, 1.165) is 10.6 Å². The number of rotatable bonds is 5. The molecule has 0 atom stereocenters. The Hall–Kier alpha value is -2.80. The van der Waals surface area contributed by atoms with Crippen LogP contribution in [0.3, 0.4) is 0 Å². The van der Waals surface area contributed by atoms with Gasteiger partial charge >= 0.3 is 5.97 Å². The molecule has 0 fully saturated rings. The van der Waals surface area contributed by atoms with E-state index in [4.69, 9.17) is 4.74 Å². The van der Waals surface area contributed by atoms with Crippen LogP contribution in [-0.2, 0) is 14.3 Å². The number of nitrogens with zero attached hydrogens (tertiary/aromatic N) is 1. The molecule has 0 saturated heterocycles. The van der Waals surface area contributed by atoms with Crippen molar-refractivity contribution in [3.05, 3.63) is 54.1 Å². The number of thioether (sulfide) groups is 1. The maximum Gasteiger partial charge on any atom is 0.338 e. The van der Waals surface area contributed by atoms with Crippen LogP contribution in [0.2, 0.25) is 0 Å². The van der Waals surface area contributed by atoms with Crippen LogP contribution < -0.4 is 10.2 Å². The number of esters is 1. The number of para-hydroxylation sites is 1. The molecule has 2 aromatic rings. The molecule has 0 aromatic heterocycles. The summed E-state index contributed by atoms with van der Waals surface area (Å²) < 4.78 is 4.70. The Balaban J connectivity index is 1.73. The first-order chi connectivity index (χ1) is 13.8. The molecule has 1 N–H and O–H groups in total. The number of amides is 2. The van der Waals surface area contributed by atoms with E-state index in [1.165, 1.54) is 0 Å². The molecule has 2 amide bonds. The number of benzene rings is 2. The molecular formula is C22H24N2O4S. The van der Waals surface area contributed by atoms with Gasteiger partial charge in [0.05, 0.1) is 17.9 Å². The zero-order valence-electron chi connectivity index (χ0n) is 16.7. The van der Waals surface area contributed by atoms with Crippen molar-refractivity contribution in [3.8, 4) is 0 Å². The summed E-state index contributed by atoms with van der Waals surface area (Å²) in [6, 6.07) is 14.1. The van der Waals surface area contributed by atoms with Crippen LogP contribution in [0.25, 0.3) is 0 Å². The topological polar surface area (TPSA) is 75.7 Å². The number of nitrogens with one attached hydrogen (secondary N) is 1. The third kappa shape index (κ3) is 5.17. The molecule has 0 bridgehead atoms. The molecule has 3 rings (SSSR count). The molecule has 152 valence electrons. The van der Waals surface area contributed by atoms with Crippen molar-refractivity contribution in [2.24, 2.45) is 0 Å². The molecule has 6 nitrogen and oxygen atoms in total. The Bertz CT molecular complexity index is 925. The first kappa shape index (κ1) is 20.9. The minimum absolute atomic E-state index is 0.0773. The molecule has 1 heterocycles. The Kier molecular flexibility index (Phi) is 6.27. The monoisotopic (exact) mass is 412 g/mol. The van der Waals surface area contributed by atoms with Gasteiger partial charge in [0.25, 0.3) is 0 Å². The highest BCUT2D eigenvalue weighted by molar-refractivity contribution is 8.00. The van der Waals surface area contributed by atoms with Crippen molar-refractivity contribution in [2.75, 3.05) is 23.4 Å². The fourth-order valence-corrected chi connectivity index (χ4v) is 4.34. The van der Waals surface area contributed by atoms with Gasteiger partial charge in [-0.2, -0.15) is 0 Å². The van der Waals surface area contributed by atoms with Crippen molar-refractivity contribution >= 4 is 40.9 Å². The first-order valence-electron chi connectivity index (χ1n) is 9.44. The van der Waals surface area contributed by atoms with Gasteiger partial charge < -0.3 is 15.0 Å². The van der Waals surface area contributed by atoms with Crippen LogP contribution in [0, 0.1) is 0 Å². The number of carbonyl (C=O) groups excluding carboxylic acids is 3. The largest absolute Gasteiger partial charge is 0.462 e. The van der Waals surface area contributed by atoms with E-state index >= 15 is 0 Å². The van der Waals surface area contributed by atoms with E-state index in [1.54, 1.807) is 47.9 Å². The van der Waals surface area contributed by atoms with Gasteiger partial charge in [-0.15, -0.1) is 11.8 Å². The minimum atomic E-state index is -0.405. The van der Waals surface area contributed by atoms with Crippen molar-refractivity contribution in [3.63, 3.8) is 0 Å². The van der Waals surface area contributed by atoms with Crippen LogP contribution in [0.15, 0.2) is 53.4 Å². The van der Waals surface area contributed by atoms with Gasteiger partial charge in [0.15, 0.2) is 0 Å². The molecule has 0 spiro atoms.